The van der Waals surface area contributed by atoms with Crippen molar-refractivity contribution in [3.63, 3.8) is 0 Å². The molecule has 1 aromatic heterocycles. The molecule has 6 nitrogen and oxygen atoms in total. The van der Waals surface area contributed by atoms with Gasteiger partial charge in [-0.3, -0.25) is 0 Å². The van der Waals surface area contributed by atoms with Crippen LogP contribution in [-0.2, 0) is 6.54 Å². The number of rotatable bonds is 5. The molecule has 6 heteroatoms. The molecule has 0 amide bonds. The summed E-state index contributed by atoms with van der Waals surface area (Å²) < 4.78 is 7.20. The lowest BCUT2D eigenvalue weighted by Gasteiger charge is -2.25. The van der Waals surface area contributed by atoms with Gasteiger partial charge in [0.1, 0.15) is 5.75 Å². The Morgan fingerprint density at radius 3 is 2.95 bits per heavy atom. The maximum atomic E-state index is 6.06. The number of ether oxygens (including phenoxy) is 1. The summed E-state index contributed by atoms with van der Waals surface area (Å²) in [6.45, 7) is 0.824. The van der Waals surface area contributed by atoms with E-state index in [0.717, 1.165) is 24.4 Å². The molecule has 2 N–H and O–H groups in total. The molecule has 1 saturated carbocycles. The molecule has 0 aliphatic heterocycles. The molecule has 1 fully saturated rings. The summed E-state index contributed by atoms with van der Waals surface area (Å²) >= 11 is 0. The molecule has 0 radical (unpaired) electrons. The van der Waals surface area contributed by atoms with E-state index in [1.807, 2.05) is 22.9 Å². The predicted octanol–water partition coefficient (Wildman–Crippen LogP) is 2.12. The van der Waals surface area contributed by atoms with Gasteiger partial charge in [-0.2, -0.15) is 0 Å². The van der Waals surface area contributed by atoms with E-state index < -0.39 is 0 Å². The van der Waals surface area contributed by atoms with Crippen molar-refractivity contribution in [2.75, 3.05) is 12.8 Å². The van der Waals surface area contributed by atoms with Crippen molar-refractivity contribution in [1.82, 2.24) is 20.2 Å². The average molecular weight is 273 g/mol. The Hall–Kier alpha value is -2.11. The van der Waals surface area contributed by atoms with Crippen LogP contribution in [0.1, 0.15) is 25.7 Å². The van der Waals surface area contributed by atoms with Crippen molar-refractivity contribution >= 4 is 5.69 Å². The van der Waals surface area contributed by atoms with Gasteiger partial charge in [0.2, 0.25) is 0 Å². The highest BCUT2D eigenvalue weighted by Gasteiger charge is 2.20. The molecule has 0 atom stereocenters. The molecule has 20 heavy (non-hydrogen) atoms. The third-order valence-corrected chi connectivity index (χ3v) is 4.01. The van der Waals surface area contributed by atoms with E-state index in [2.05, 4.69) is 15.5 Å². The molecule has 1 aliphatic carbocycles. The topological polar surface area (TPSA) is 78.8 Å². The summed E-state index contributed by atoms with van der Waals surface area (Å²) in [4.78, 5) is 0. The monoisotopic (exact) mass is 273 g/mol. The van der Waals surface area contributed by atoms with E-state index >= 15 is 0 Å². The summed E-state index contributed by atoms with van der Waals surface area (Å²) in [6, 6.07) is 5.57. The first-order valence-corrected chi connectivity index (χ1v) is 6.98. The van der Waals surface area contributed by atoms with Gasteiger partial charge in [-0.25, -0.2) is 4.68 Å². The second-order valence-electron chi connectivity index (χ2n) is 5.24. The maximum Gasteiger partial charge on any atom is 0.187 e. The van der Waals surface area contributed by atoms with Gasteiger partial charge in [-0.05, 0) is 34.9 Å². The quantitative estimate of drug-likeness (QED) is 0.844. The number of tetrazole rings is 1. The van der Waals surface area contributed by atoms with E-state index in [4.69, 9.17) is 10.5 Å². The van der Waals surface area contributed by atoms with Crippen molar-refractivity contribution in [3.8, 4) is 17.1 Å². The van der Waals surface area contributed by atoms with E-state index in [0.29, 0.717) is 17.3 Å². The van der Waals surface area contributed by atoms with Gasteiger partial charge in [-0.15, -0.1) is 5.10 Å². The second kappa shape index (κ2) is 5.48. The number of nitrogens with two attached hydrogens (primary N) is 1. The van der Waals surface area contributed by atoms with Crippen LogP contribution in [0.25, 0.3) is 11.4 Å². The van der Waals surface area contributed by atoms with Gasteiger partial charge in [0.15, 0.2) is 5.82 Å². The van der Waals surface area contributed by atoms with Crippen LogP contribution in [0.4, 0.5) is 5.69 Å². The molecule has 1 heterocycles. The predicted molar refractivity (Wildman–Crippen MR) is 76.2 cm³/mol. The Morgan fingerprint density at radius 1 is 1.40 bits per heavy atom. The number of nitrogen functional groups attached to an aromatic ring is 1. The van der Waals surface area contributed by atoms with Crippen LogP contribution in [0.3, 0.4) is 0 Å². The van der Waals surface area contributed by atoms with Crippen LogP contribution in [0.5, 0.6) is 5.75 Å². The SMILES string of the molecule is COc1cccc(N)c1-c1nnnn1CCC1CCC1. The fourth-order valence-corrected chi connectivity index (χ4v) is 2.58. The molecule has 1 aliphatic rings. The first-order chi connectivity index (χ1) is 9.79. The summed E-state index contributed by atoms with van der Waals surface area (Å²) in [7, 11) is 1.63. The highest BCUT2D eigenvalue weighted by Crippen LogP contribution is 2.34. The third-order valence-electron chi connectivity index (χ3n) is 4.01. The minimum atomic E-state index is 0.629. The zero-order chi connectivity index (χ0) is 13.9. The lowest BCUT2D eigenvalue weighted by atomic mass is 9.83. The molecular formula is C14H19N5O. The number of hydrogen-bond donors (Lipinski definition) is 1. The van der Waals surface area contributed by atoms with E-state index in [-0.39, 0.29) is 0 Å². The number of hydrogen-bond acceptors (Lipinski definition) is 5. The molecule has 1 aromatic carbocycles. The number of nitrogens with zero attached hydrogens (tertiary/aromatic N) is 4. The molecular weight excluding hydrogens is 254 g/mol. The fraction of sp³-hybridized carbons (Fsp3) is 0.500. The molecule has 0 unspecified atom stereocenters. The third kappa shape index (κ3) is 2.33. The lowest BCUT2D eigenvalue weighted by Crippen LogP contribution is -2.15. The van der Waals surface area contributed by atoms with E-state index in [1.165, 1.54) is 19.3 Å². The Morgan fingerprint density at radius 2 is 2.25 bits per heavy atom. The first kappa shape index (κ1) is 12.9. The zero-order valence-electron chi connectivity index (χ0n) is 11.6. The largest absolute Gasteiger partial charge is 0.496 e. The van der Waals surface area contributed by atoms with Crippen molar-refractivity contribution in [1.29, 1.82) is 0 Å². The van der Waals surface area contributed by atoms with Gasteiger partial charge in [0.05, 0.1) is 12.7 Å². The highest BCUT2D eigenvalue weighted by molar-refractivity contribution is 5.77. The van der Waals surface area contributed by atoms with Crippen molar-refractivity contribution in [3.05, 3.63) is 18.2 Å². The average Bonchev–Trinajstić information content (AvgIpc) is 2.84. The maximum absolute atomic E-state index is 6.06. The molecule has 0 spiro atoms. The summed E-state index contributed by atoms with van der Waals surface area (Å²) in [5, 5.41) is 12.0. The van der Waals surface area contributed by atoms with Gasteiger partial charge in [-0.1, -0.05) is 25.3 Å². The van der Waals surface area contributed by atoms with Crippen LogP contribution < -0.4 is 10.5 Å². The molecule has 0 saturated heterocycles. The van der Waals surface area contributed by atoms with E-state index in [9.17, 15) is 0 Å². The van der Waals surface area contributed by atoms with Crippen molar-refractivity contribution in [2.45, 2.75) is 32.2 Å². The van der Waals surface area contributed by atoms with Crippen LogP contribution >= 0.6 is 0 Å². The van der Waals surface area contributed by atoms with Gasteiger partial charge < -0.3 is 10.5 Å². The van der Waals surface area contributed by atoms with Gasteiger partial charge in [0, 0.05) is 12.2 Å². The van der Waals surface area contributed by atoms with Crippen molar-refractivity contribution in [2.24, 2.45) is 5.92 Å². The fourth-order valence-electron chi connectivity index (χ4n) is 2.58. The standard InChI is InChI=1S/C14H19N5O/c1-20-12-7-3-6-11(15)13(12)14-16-17-18-19(14)9-8-10-4-2-5-10/h3,6-7,10H,2,4-5,8-9,15H2,1H3. The zero-order valence-corrected chi connectivity index (χ0v) is 11.6. The number of methoxy groups -OCH3 is 1. The number of aromatic nitrogens is 4. The molecule has 106 valence electrons. The Kier molecular flexibility index (Phi) is 3.54. The van der Waals surface area contributed by atoms with Crippen LogP contribution in [-0.4, -0.2) is 27.3 Å². The Bertz CT molecular complexity index is 591. The van der Waals surface area contributed by atoms with Crippen LogP contribution in [0.2, 0.25) is 0 Å². The van der Waals surface area contributed by atoms with Gasteiger partial charge in [0.25, 0.3) is 0 Å². The summed E-state index contributed by atoms with van der Waals surface area (Å²) in [5.74, 6) is 2.20. The number of anilines is 1. The Balaban J connectivity index is 1.88. The van der Waals surface area contributed by atoms with Crippen LogP contribution in [0, 0.1) is 5.92 Å². The normalized spacial score (nSPS) is 15.1. The molecule has 0 bridgehead atoms. The van der Waals surface area contributed by atoms with Crippen LogP contribution in [0.15, 0.2) is 18.2 Å². The number of aryl methyl sites for hydroxylation is 1. The molecule has 2 aromatic rings. The summed E-state index contributed by atoms with van der Waals surface area (Å²) in [6.07, 6.45) is 5.13. The van der Waals surface area contributed by atoms with Crippen molar-refractivity contribution < 1.29 is 4.74 Å². The minimum absolute atomic E-state index is 0.629. The second-order valence-corrected chi connectivity index (χ2v) is 5.24. The molecule has 3 rings (SSSR count). The highest BCUT2D eigenvalue weighted by atomic mass is 16.5. The van der Waals surface area contributed by atoms with Gasteiger partial charge >= 0.3 is 0 Å². The summed E-state index contributed by atoms with van der Waals surface area (Å²) in [5.41, 5.74) is 7.46. The smallest absolute Gasteiger partial charge is 0.187 e. The lowest BCUT2D eigenvalue weighted by molar-refractivity contribution is 0.277. The Labute approximate surface area is 117 Å². The minimum Gasteiger partial charge on any atom is -0.496 e. The van der Waals surface area contributed by atoms with E-state index in [1.54, 1.807) is 7.11 Å². The number of benzene rings is 1. The first-order valence-electron chi connectivity index (χ1n) is 6.98.